The smallest absolute Gasteiger partial charge is 0.317 e. The Morgan fingerprint density at radius 3 is 2.48 bits per heavy atom. The Morgan fingerprint density at radius 2 is 1.95 bits per heavy atom. The van der Waals surface area contributed by atoms with Crippen molar-refractivity contribution < 1.29 is 14.6 Å². The first-order valence-corrected chi connectivity index (χ1v) is 7.22. The van der Waals surface area contributed by atoms with Gasteiger partial charge in [-0.2, -0.15) is 0 Å². The highest BCUT2D eigenvalue weighted by molar-refractivity contribution is 5.73. The van der Waals surface area contributed by atoms with Gasteiger partial charge in [0.15, 0.2) is 0 Å². The third-order valence-corrected chi connectivity index (χ3v) is 3.23. The predicted molar refractivity (Wildman–Crippen MR) is 83.6 cm³/mol. The van der Waals surface area contributed by atoms with Gasteiger partial charge in [0.2, 0.25) is 0 Å². The molecule has 0 aliphatic carbocycles. The van der Waals surface area contributed by atoms with Crippen LogP contribution in [-0.4, -0.2) is 49.4 Å². The van der Waals surface area contributed by atoms with E-state index >= 15 is 0 Å². The first-order chi connectivity index (χ1) is 9.92. The molecule has 0 spiro atoms. The number of carbonyl (C=O) groups is 1. The van der Waals surface area contributed by atoms with Gasteiger partial charge in [0, 0.05) is 20.1 Å². The summed E-state index contributed by atoms with van der Waals surface area (Å²) in [6.07, 6.45) is 0.377. The Kier molecular flexibility index (Phi) is 7.02. The van der Waals surface area contributed by atoms with Gasteiger partial charge in [-0.25, -0.2) is 4.79 Å². The summed E-state index contributed by atoms with van der Waals surface area (Å²) in [4.78, 5) is 13.3. The maximum absolute atomic E-state index is 11.8. The number of methoxy groups -OCH3 is 1. The molecule has 0 aliphatic heterocycles. The highest BCUT2D eigenvalue weighted by atomic mass is 16.5. The topological polar surface area (TPSA) is 61.8 Å². The molecule has 5 heteroatoms. The van der Waals surface area contributed by atoms with E-state index < -0.39 is 6.10 Å². The lowest BCUT2D eigenvalue weighted by atomic mass is 10.0. The second-order valence-corrected chi connectivity index (χ2v) is 5.57. The third kappa shape index (κ3) is 6.49. The fourth-order valence-corrected chi connectivity index (χ4v) is 2.11. The zero-order valence-corrected chi connectivity index (χ0v) is 13.3. The maximum atomic E-state index is 11.8. The van der Waals surface area contributed by atoms with E-state index in [1.165, 1.54) is 10.5 Å². The molecule has 0 radical (unpaired) electrons. The van der Waals surface area contributed by atoms with Crippen molar-refractivity contribution in [1.29, 1.82) is 0 Å². The molecular weight excluding hydrogens is 268 g/mol. The molecule has 0 heterocycles. The standard InChI is InChI=1S/C16H26N2O3/c1-12(9-14-5-7-15(21-4)8-6-14)10-17-16(20)18(3)11-13(2)19/h5-8,12-13,19H,9-11H2,1-4H3,(H,17,20). The minimum Gasteiger partial charge on any atom is -0.497 e. The number of nitrogens with one attached hydrogen (secondary N) is 1. The van der Waals surface area contributed by atoms with E-state index in [4.69, 9.17) is 4.74 Å². The molecule has 0 aliphatic rings. The van der Waals surface area contributed by atoms with Crippen molar-refractivity contribution in [3.05, 3.63) is 29.8 Å². The monoisotopic (exact) mass is 294 g/mol. The van der Waals surface area contributed by atoms with E-state index in [2.05, 4.69) is 12.2 Å². The van der Waals surface area contributed by atoms with Crippen molar-refractivity contribution in [3.63, 3.8) is 0 Å². The van der Waals surface area contributed by atoms with Crippen molar-refractivity contribution in [1.82, 2.24) is 10.2 Å². The number of aliphatic hydroxyl groups excluding tert-OH is 1. The van der Waals surface area contributed by atoms with Gasteiger partial charge in [-0.05, 0) is 37.0 Å². The van der Waals surface area contributed by atoms with Crippen LogP contribution in [0.5, 0.6) is 5.75 Å². The lowest BCUT2D eigenvalue weighted by molar-refractivity contribution is 0.143. The molecule has 2 atom stereocenters. The zero-order valence-electron chi connectivity index (χ0n) is 13.3. The highest BCUT2D eigenvalue weighted by Crippen LogP contribution is 2.14. The number of hydrogen-bond donors (Lipinski definition) is 2. The quantitative estimate of drug-likeness (QED) is 0.807. The summed E-state index contributed by atoms with van der Waals surface area (Å²) in [7, 11) is 3.33. The maximum Gasteiger partial charge on any atom is 0.317 e. The number of urea groups is 1. The highest BCUT2D eigenvalue weighted by Gasteiger charge is 2.12. The molecular formula is C16H26N2O3. The van der Waals surface area contributed by atoms with E-state index in [1.807, 2.05) is 24.3 Å². The molecule has 0 fully saturated rings. The Morgan fingerprint density at radius 1 is 1.33 bits per heavy atom. The van der Waals surface area contributed by atoms with Gasteiger partial charge in [0.25, 0.3) is 0 Å². The second kappa shape index (κ2) is 8.52. The van der Waals surface area contributed by atoms with E-state index in [-0.39, 0.29) is 6.03 Å². The number of carbonyl (C=O) groups excluding carboxylic acids is 1. The molecule has 0 bridgehead atoms. The molecule has 0 saturated carbocycles. The normalized spacial score (nSPS) is 13.4. The van der Waals surface area contributed by atoms with Crippen LogP contribution in [0.1, 0.15) is 19.4 Å². The van der Waals surface area contributed by atoms with Gasteiger partial charge in [-0.1, -0.05) is 19.1 Å². The summed E-state index contributed by atoms with van der Waals surface area (Å²) >= 11 is 0. The van der Waals surface area contributed by atoms with Crippen molar-refractivity contribution in [2.45, 2.75) is 26.4 Å². The summed E-state index contributed by atoms with van der Waals surface area (Å²) in [6, 6.07) is 7.80. The van der Waals surface area contributed by atoms with Crippen molar-refractivity contribution >= 4 is 6.03 Å². The number of nitrogens with zero attached hydrogens (tertiary/aromatic N) is 1. The van der Waals surface area contributed by atoms with E-state index in [0.717, 1.165) is 12.2 Å². The molecule has 0 aromatic heterocycles. The van der Waals surface area contributed by atoms with Crippen molar-refractivity contribution in [2.24, 2.45) is 5.92 Å². The van der Waals surface area contributed by atoms with Crippen LogP contribution in [0.25, 0.3) is 0 Å². The lowest BCUT2D eigenvalue weighted by Crippen LogP contribution is -2.42. The van der Waals surface area contributed by atoms with Gasteiger partial charge in [-0.15, -0.1) is 0 Å². The number of amides is 2. The lowest BCUT2D eigenvalue weighted by Gasteiger charge is -2.21. The van der Waals surface area contributed by atoms with E-state index in [0.29, 0.717) is 19.0 Å². The fourth-order valence-electron chi connectivity index (χ4n) is 2.11. The molecule has 2 N–H and O–H groups in total. The van der Waals surface area contributed by atoms with Crippen LogP contribution in [0, 0.1) is 5.92 Å². The minimum atomic E-state index is -0.516. The zero-order chi connectivity index (χ0) is 15.8. The Balaban J connectivity index is 2.36. The molecule has 1 aromatic rings. The Labute approximate surface area is 126 Å². The summed E-state index contributed by atoms with van der Waals surface area (Å²) in [6.45, 7) is 4.70. The second-order valence-electron chi connectivity index (χ2n) is 5.57. The summed E-state index contributed by atoms with van der Waals surface area (Å²) in [5.74, 6) is 1.18. The Bertz CT molecular complexity index is 432. The van der Waals surface area contributed by atoms with Gasteiger partial charge in [0.05, 0.1) is 13.2 Å². The molecule has 1 rings (SSSR count). The Hall–Kier alpha value is -1.75. The fraction of sp³-hybridized carbons (Fsp3) is 0.562. The van der Waals surface area contributed by atoms with Crippen LogP contribution in [-0.2, 0) is 6.42 Å². The SMILES string of the molecule is COc1ccc(CC(C)CNC(=O)N(C)CC(C)O)cc1. The summed E-state index contributed by atoms with van der Waals surface area (Å²) in [5.41, 5.74) is 1.22. The largest absolute Gasteiger partial charge is 0.497 e. The number of rotatable bonds is 7. The molecule has 0 saturated heterocycles. The van der Waals surface area contributed by atoms with Crippen LogP contribution in [0.2, 0.25) is 0 Å². The van der Waals surface area contributed by atoms with E-state index in [1.54, 1.807) is 21.1 Å². The van der Waals surface area contributed by atoms with E-state index in [9.17, 15) is 9.90 Å². The van der Waals surface area contributed by atoms with Crippen LogP contribution in [0.15, 0.2) is 24.3 Å². The van der Waals surface area contributed by atoms with Crippen molar-refractivity contribution in [2.75, 3.05) is 27.2 Å². The molecule has 2 amide bonds. The average molecular weight is 294 g/mol. The van der Waals surface area contributed by atoms with Gasteiger partial charge in [0.1, 0.15) is 5.75 Å². The van der Waals surface area contributed by atoms with Crippen LogP contribution in [0.4, 0.5) is 4.79 Å². The molecule has 118 valence electrons. The van der Waals surface area contributed by atoms with Crippen LogP contribution in [0.3, 0.4) is 0 Å². The first-order valence-electron chi connectivity index (χ1n) is 7.22. The van der Waals surface area contributed by atoms with Crippen LogP contribution < -0.4 is 10.1 Å². The average Bonchev–Trinajstić information content (AvgIpc) is 2.44. The van der Waals surface area contributed by atoms with Gasteiger partial charge < -0.3 is 20.1 Å². The molecule has 21 heavy (non-hydrogen) atoms. The first kappa shape index (κ1) is 17.3. The van der Waals surface area contributed by atoms with Gasteiger partial charge >= 0.3 is 6.03 Å². The molecule has 5 nitrogen and oxygen atoms in total. The minimum absolute atomic E-state index is 0.155. The molecule has 1 aromatic carbocycles. The number of ether oxygens (including phenoxy) is 1. The number of aliphatic hydroxyl groups is 1. The summed E-state index contributed by atoms with van der Waals surface area (Å²) < 4.78 is 5.13. The van der Waals surface area contributed by atoms with Gasteiger partial charge in [-0.3, -0.25) is 0 Å². The third-order valence-electron chi connectivity index (χ3n) is 3.23. The van der Waals surface area contributed by atoms with Crippen molar-refractivity contribution in [3.8, 4) is 5.75 Å². The summed E-state index contributed by atoms with van der Waals surface area (Å²) in [5, 5.41) is 12.1. The predicted octanol–water partition coefficient (Wildman–Crippen LogP) is 1.90. The number of hydrogen-bond acceptors (Lipinski definition) is 3. The number of likely N-dealkylation sites (N-methyl/N-ethyl adjacent to an activating group) is 1. The number of benzene rings is 1. The molecule has 2 unspecified atom stereocenters. The van der Waals surface area contributed by atoms with Crippen LogP contribution >= 0.6 is 0 Å².